The van der Waals surface area contributed by atoms with E-state index in [1.54, 1.807) is 0 Å². The molecule has 1 heterocycles. The van der Waals surface area contributed by atoms with Crippen molar-refractivity contribution in [2.75, 3.05) is 13.2 Å². The minimum atomic E-state index is -0.227. The molecule has 0 amide bonds. The number of ether oxygens (including phenoxy) is 1. The quantitative estimate of drug-likeness (QED) is 0.684. The lowest BCUT2D eigenvalue weighted by Gasteiger charge is -2.12. The maximum atomic E-state index is 10.7. The Morgan fingerprint density at radius 1 is 1.00 bits per heavy atom. The lowest BCUT2D eigenvalue weighted by Crippen LogP contribution is -2.21. The molecule has 1 N–H and O–H groups in total. The van der Waals surface area contributed by atoms with Gasteiger partial charge in [-0.15, -0.1) is 0 Å². The van der Waals surface area contributed by atoms with Gasteiger partial charge in [0.25, 0.3) is 0 Å². The SMILES string of the molecule is OC1(C2C3COCC32)C2CCCCC21. The maximum Gasteiger partial charge on any atom is 0.0746 e. The molecular formula is C12H18O2. The summed E-state index contributed by atoms with van der Waals surface area (Å²) in [5.74, 6) is 3.43. The highest BCUT2D eigenvalue weighted by molar-refractivity contribution is 5.24. The fourth-order valence-corrected chi connectivity index (χ4v) is 4.56. The van der Waals surface area contributed by atoms with Gasteiger partial charge in [0.15, 0.2) is 0 Å². The van der Waals surface area contributed by atoms with Gasteiger partial charge < -0.3 is 9.84 Å². The van der Waals surface area contributed by atoms with Crippen molar-refractivity contribution in [3.05, 3.63) is 0 Å². The summed E-state index contributed by atoms with van der Waals surface area (Å²) in [6.07, 6.45) is 5.28. The summed E-state index contributed by atoms with van der Waals surface area (Å²) in [6, 6.07) is 0. The minimum Gasteiger partial charge on any atom is -0.389 e. The van der Waals surface area contributed by atoms with Crippen LogP contribution in [0.3, 0.4) is 0 Å². The number of hydrogen-bond donors (Lipinski definition) is 1. The molecule has 3 aliphatic carbocycles. The first-order chi connectivity index (χ1) is 6.83. The van der Waals surface area contributed by atoms with Crippen LogP contribution in [0, 0.1) is 29.6 Å². The van der Waals surface area contributed by atoms with E-state index in [-0.39, 0.29) is 5.60 Å². The molecule has 0 aromatic heterocycles. The first-order valence-corrected chi connectivity index (χ1v) is 6.13. The van der Waals surface area contributed by atoms with Gasteiger partial charge in [0.1, 0.15) is 0 Å². The maximum absolute atomic E-state index is 10.7. The van der Waals surface area contributed by atoms with Crippen molar-refractivity contribution in [1.82, 2.24) is 0 Å². The van der Waals surface area contributed by atoms with E-state index in [1.165, 1.54) is 25.7 Å². The van der Waals surface area contributed by atoms with Crippen LogP contribution in [0.15, 0.2) is 0 Å². The molecule has 78 valence electrons. The molecule has 4 atom stereocenters. The number of fused-ring (bicyclic) bond motifs is 2. The first kappa shape index (κ1) is 8.12. The Morgan fingerprint density at radius 2 is 1.57 bits per heavy atom. The van der Waals surface area contributed by atoms with Crippen molar-refractivity contribution >= 4 is 0 Å². The van der Waals surface area contributed by atoms with Gasteiger partial charge >= 0.3 is 0 Å². The van der Waals surface area contributed by atoms with E-state index in [1.807, 2.05) is 0 Å². The first-order valence-electron chi connectivity index (χ1n) is 6.13. The van der Waals surface area contributed by atoms with Crippen LogP contribution in [-0.4, -0.2) is 23.9 Å². The van der Waals surface area contributed by atoms with Crippen LogP contribution in [0.4, 0.5) is 0 Å². The van der Waals surface area contributed by atoms with E-state index in [0.717, 1.165) is 25.0 Å². The largest absolute Gasteiger partial charge is 0.389 e. The molecule has 2 nitrogen and oxygen atoms in total. The third-order valence-electron chi connectivity index (χ3n) is 5.33. The molecule has 1 saturated heterocycles. The molecular weight excluding hydrogens is 176 g/mol. The van der Waals surface area contributed by atoms with E-state index in [0.29, 0.717) is 17.8 Å². The molecule has 0 aromatic rings. The zero-order valence-corrected chi connectivity index (χ0v) is 8.48. The summed E-state index contributed by atoms with van der Waals surface area (Å²) in [4.78, 5) is 0. The second kappa shape index (κ2) is 2.35. The van der Waals surface area contributed by atoms with Crippen molar-refractivity contribution in [3.63, 3.8) is 0 Å². The van der Waals surface area contributed by atoms with Gasteiger partial charge in [-0.25, -0.2) is 0 Å². The zero-order valence-electron chi connectivity index (χ0n) is 8.48. The Balaban J connectivity index is 1.56. The molecule has 4 unspecified atom stereocenters. The van der Waals surface area contributed by atoms with Crippen LogP contribution in [0.25, 0.3) is 0 Å². The molecule has 0 aromatic carbocycles. The van der Waals surface area contributed by atoms with Crippen molar-refractivity contribution in [2.24, 2.45) is 29.6 Å². The van der Waals surface area contributed by atoms with E-state index >= 15 is 0 Å². The van der Waals surface area contributed by atoms with Crippen LogP contribution in [0.2, 0.25) is 0 Å². The highest BCUT2D eigenvalue weighted by atomic mass is 16.5. The third kappa shape index (κ3) is 0.772. The molecule has 4 fully saturated rings. The Morgan fingerprint density at radius 3 is 2.14 bits per heavy atom. The van der Waals surface area contributed by atoms with Crippen LogP contribution >= 0.6 is 0 Å². The van der Waals surface area contributed by atoms with E-state index in [9.17, 15) is 5.11 Å². The lowest BCUT2D eigenvalue weighted by atomic mass is 10.0. The molecule has 4 aliphatic rings. The molecule has 0 spiro atoms. The van der Waals surface area contributed by atoms with Gasteiger partial charge in [0, 0.05) is 0 Å². The average molecular weight is 194 g/mol. The predicted octanol–water partition coefficient (Wildman–Crippen LogP) is 1.43. The van der Waals surface area contributed by atoms with Gasteiger partial charge in [-0.05, 0) is 42.4 Å². The van der Waals surface area contributed by atoms with Gasteiger partial charge in [-0.2, -0.15) is 0 Å². The van der Waals surface area contributed by atoms with Gasteiger partial charge in [0.2, 0.25) is 0 Å². The standard InChI is InChI=1S/C12H18O2/c13-12(9-3-1-2-4-10(9)12)11-7-5-14-6-8(7)11/h7-11,13H,1-6H2. The second-order valence-corrected chi connectivity index (χ2v) is 5.78. The van der Waals surface area contributed by atoms with E-state index in [2.05, 4.69) is 0 Å². The molecule has 0 radical (unpaired) electrons. The normalized spacial score (nSPS) is 64.5. The number of hydrogen-bond acceptors (Lipinski definition) is 2. The zero-order chi connectivity index (χ0) is 9.34. The number of rotatable bonds is 1. The summed E-state index contributed by atoms with van der Waals surface area (Å²) in [7, 11) is 0. The molecule has 1 aliphatic heterocycles. The Labute approximate surface area is 84.6 Å². The number of aliphatic hydroxyl groups is 1. The highest BCUT2D eigenvalue weighted by Crippen LogP contribution is 2.72. The minimum absolute atomic E-state index is 0.227. The van der Waals surface area contributed by atoms with Gasteiger partial charge in [-0.3, -0.25) is 0 Å². The summed E-state index contributed by atoms with van der Waals surface area (Å²) in [5.41, 5.74) is -0.227. The van der Waals surface area contributed by atoms with Crippen molar-refractivity contribution < 1.29 is 9.84 Å². The Bertz CT molecular complexity index is 253. The van der Waals surface area contributed by atoms with Crippen LogP contribution in [0.1, 0.15) is 25.7 Å². The fraction of sp³-hybridized carbons (Fsp3) is 1.00. The fourth-order valence-electron chi connectivity index (χ4n) is 4.56. The second-order valence-electron chi connectivity index (χ2n) is 5.78. The van der Waals surface area contributed by atoms with Crippen LogP contribution < -0.4 is 0 Å². The molecule has 14 heavy (non-hydrogen) atoms. The summed E-state index contributed by atoms with van der Waals surface area (Å²) in [6.45, 7) is 1.86. The van der Waals surface area contributed by atoms with Gasteiger partial charge in [-0.1, -0.05) is 12.8 Å². The monoisotopic (exact) mass is 194 g/mol. The van der Waals surface area contributed by atoms with Crippen LogP contribution in [0.5, 0.6) is 0 Å². The predicted molar refractivity (Wildman–Crippen MR) is 51.7 cm³/mol. The molecule has 3 saturated carbocycles. The van der Waals surface area contributed by atoms with Crippen molar-refractivity contribution in [3.8, 4) is 0 Å². The van der Waals surface area contributed by atoms with E-state index in [4.69, 9.17) is 4.74 Å². The Hall–Kier alpha value is -0.0800. The van der Waals surface area contributed by atoms with Gasteiger partial charge in [0.05, 0.1) is 18.8 Å². The summed E-state index contributed by atoms with van der Waals surface area (Å²) >= 11 is 0. The highest BCUT2D eigenvalue weighted by Gasteiger charge is 2.76. The van der Waals surface area contributed by atoms with Crippen molar-refractivity contribution in [1.29, 1.82) is 0 Å². The molecule has 4 rings (SSSR count). The summed E-state index contributed by atoms with van der Waals surface area (Å²) in [5, 5.41) is 10.7. The van der Waals surface area contributed by atoms with Crippen LogP contribution in [-0.2, 0) is 4.74 Å². The lowest BCUT2D eigenvalue weighted by molar-refractivity contribution is 0.0512. The molecule has 0 bridgehead atoms. The molecule has 2 heteroatoms. The summed E-state index contributed by atoms with van der Waals surface area (Å²) < 4.78 is 5.40. The Kier molecular flexibility index (Phi) is 1.37. The topological polar surface area (TPSA) is 29.5 Å². The smallest absolute Gasteiger partial charge is 0.0746 e. The third-order valence-corrected chi connectivity index (χ3v) is 5.33. The van der Waals surface area contributed by atoms with E-state index < -0.39 is 0 Å². The van der Waals surface area contributed by atoms with Crippen molar-refractivity contribution in [2.45, 2.75) is 31.3 Å². The average Bonchev–Trinajstić information content (AvgIpc) is 3.00.